The van der Waals surface area contributed by atoms with Crippen LogP contribution in [0, 0.1) is 0 Å². The van der Waals surface area contributed by atoms with Crippen molar-refractivity contribution in [3.05, 3.63) is 35.4 Å². The van der Waals surface area contributed by atoms with E-state index < -0.39 is 24.8 Å². The Kier molecular flexibility index (Phi) is 4.74. The van der Waals surface area contributed by atoms with Crippen LogP contribution in [0.4, 0.5) is 18.0 Å². The standard InChI is InChI=1S/C11H10F3NO4/c12-11(13,14)6-19-10(18)15-5-7-2-1-3-8(4-7)9(16)17/h1-4H,5-6H2,(H,15,18)(H,16,17). The summed E-state index contributed by atoms with van der Waals surface area (Å²) in [5.41, 5.74) is 0.451. The van der Waals surface area contributed by atoms with Crippen molar-refractivity contribution in [3.63, 3.8) is 0 Å². The summed E-state index contributed by atoms with van der Waals surface area (Å²) < 4.78 is 39.2. The van der Waals surface area contributed by atoms with Crippen molar-refractivity contribution in [3.8, 4) is 0 Å². The summed E-state index contributed by atoms with van der Waals surface area (Å²) in [6.07, 6.45) is -5.81. The molecule has 1 aromatic carbocycles. The van der Waals surface area contributed by atoms with Crippen LogP contribution >= 0.6 is 0 Å². The Labute approximate surface area is 106 Å². The number of alkyl halides is 3. The quantitative estimate of drug-likeness (QED) is 0.884. The van der Waals surface area contributed by atoms with Gasteiger partial charge in [-0.15, -0.1) is 0 Å². The number of carbonyl (C=O) groups excluding carboxylic acids is 1. The van der Waals surface area contributed by atoms with E-state index >= 15 is 0 Å². The van der Waals surface area contributed by atoms with E-state index in [1.807, 2.05) is 0 Å². The molecule has 19 heavy (non-hydrogen) atoms. The third-order valence-electron chi connectivity index (χ3n) is 1.98. The number of aromatic carboxylic acids is 1. The number of benzene rings is 1. The third kappa shape index (κ3) is 5.75. The summed E-state index contributed by atoms with van der Waals surface area (Å²) in [6, 6.07) is 5.64. The molecule has 0 fully saturated rings. The number of ether oxygens (including phenoxy) is 1. The fourth-order valence-corrected chi connectivity index (χ4v) is 1.19. The maximum atomic E-state index is 11.8. The molecule has 104 valence electrons. The van der Waals surface area contributed by atoms with E-state index in [0.717, 1.165) is 0 Å². The lowest BCUT2D eigenvalue weighted by atomic mass is 10.1. The van der Waals surface area contributed by atoms with Crippen LogP contribution in [-0.4, -0.2) is 30.0 Å². The van der Waals surface area contributed by atoms with E-state index in [1.54, 1.807) is 0 Å². The van der Waals surface area contributed by atoms with Crippen LogP contribution in [0.2, 0.25) is 0 Å². The van der Waals surface area contributed by atoms with Crippen LogP contribution in [0.1, 0.15) is 15.9 Å². The Balaban J connectivity index is 2.46. The molecule has 0 aliphatic rings. The van der Waals surface area contributed by atoms with Crippen LogP contribution in [0.25, 0.3) is 0 Å². The molecular formula is C11H10F3NO4. The molecular weight excluding hydrogens is 267 g/mol. The summed E-state index contributed by atoms with van der Waals surface area (Å²) in [6.45, 7) is -1.80. The SMILES string of the molecule is O=C(NCc1cccc(C(=O)O)c1)OCC(F)(F)F. The van der Waals surface area contributed by atoms with Crippen LogP contribution in [-0.2, 0) is 11.3 Å². The van der Waals surface area contributed by atoms with Gasteiger partial charge >= 0.3 is 18.2 Å². The molecule has 0 saturated heterocycles. The molecule has 0 aliphatic heterocycles. The van der Waals surface area contributed by atoms with Gasteiger partial charge in [0.25, 0.3) is 0 Å². The number of alkyl carbamates (subject to hydrolysis) is 1. The first-order chi connectivity index (χ1) is 8.78. The van der Waals surface area contributed by atoms with Crippen molar-refractivity contribution in [2.24, 2.45) is 0 Å². The first kappa shape index (κ1) is 14.8. The number of carboxylic acids is 1. The minimum Gasteiger partial charge on any atom is -0.478 e. The van der Waals surface area contributed by atoms with Gasteiger partial charge in [-0.25, -0.2) is 9.59 Å². The highest BCUT2D eigenvalue weighted by Crippen LogP contribution is 2.14. The van der Waals surface area contributed by atoms with E-state index in [9.17, 15) is 22.8 Å². The Morgan fingerprint density at radius 3 is 2.58 bits per heavy atom. The molecule has 5 nitrogen and oxygen atoms in total. The normalized spacial score (nSPS) is 10.9. The molecule has 0 atom stereocenters. The molecule has 0 aliphatic carbocycles. The van der Waals surface area contributed by atoms with Crippen LogP contribution in [0.15, 0.2) is 24.3 Å². The van der Waals surface area contributed by atoms with E-state index in [2.05, 4.69) is 10.1 Å². The van der Waals surface area contributed by atoms with Gasteiger partial charge < -0.3 is 15.2 Å². The maximum Gasteiger partial charge on any atom is 0.422 e. The summed E-state index contributed by atoms with van der Waals surface area (Å²) in [4.78, 5) is 21.6. The van der Waals surface area contributed by atoms with Crippen LogP contribution in [0.3, 0.4) is 0 Å². The molecule has 0 saturated carbocycles. The van der Waals surface area contributed by atoms with Crippen molar-refractivity contribution >= 4 is 12.1 Å². The second-order valence-electron chi connectivity index (χ2n) is 3.55. The number of amides is 1. The van der Waals surface area contributed by atoms with E-state index in [0.29, 0.717) is 5.56 Å². The highest BCUT2D eigenvalue weighted by molar-refractivity contribution is 5.87. The fraction of sp³-hybridized carbons (Fsp3) is 0.273. The summed E-state index contributed by atoms with van der Waals surface area (Å²) >= 11 is 0. The molecule has 0 unspecified atom stereocenters. The Morgan fingerprint density at radius 2 is 2.00 bits per heavy atom. The minimum atomic E-state index is -4.58. The number of halogens is 3. The van der Waals surface area contributed by atoms with E-state index in [1.165, 1.54) is 24.3 Å². The second-order valence-corrected chi connectivity index (χ2v) is 3.55. The molecule has 0 heterocycles. The lowest BCUT2D eigenvalue weighted by Crippen LogP contribution is -2.28. The summed E-state index contributed by atoms with van der Waals surface area (Å²) in [7, 11) is 0. The molecule has 1 amide bonds. The van der Waals surface area contributed by atoms with Crippen molar-refractivity contribution in [1.29, 1.82) is 0 Å². The molecule has 1 aromatic rings. The second kappa shape index (κ2) is 6.07. The molecule has 8 heteroatoms. The highest BCUT2D eigenvalue weighted by atomic mass is 19.4. The molecule has 0 aromatic heterocycles. The Bertz CT molecular complexity index is 473. The van der Waals surface area contributed by atoms with Crippen molar-refractivity contribution < 1.29 is 32.6 Å². The van der Waals surface area contributed by atoms with Crippen molar-refractivity contribution in [2.45, 2.75) is 12.7 Å². The number of carbonyl (C=O) groups is 2. The zero-order valence-corrected chi connectivity index (χ0v) is 9.53. The summed E-state index contributed by atoms with van der Waals surface area (Å²) in [5, 5.41) is 10.8. The average Bonchev–Trinajstić information content (AvgIpc) is 2.33. The minimum absolute atomic E-state index is 0.0166. The predicted molar refractivity (Wildman–Crippen MR) is 57.6 cm³/mol. The molecule has 0 radical (unpaired) electrons. The number of nitrogens with one attached hydrogen (secondary N) is 1. The van der Waals surface area contributed by atoms with Crippen LogP contribution < -0.4 is 5.32 Å². The average molecular weight is 277 g/mol. The van der Waals surface area contributed by atoms with Gasteiger partial charge in [0, 0.05) is 6.54 Å². The lowest BCUT2D eigenvalue weighted by Gasteiger charge is -2.09. The van der Waals surface area contributed by atoms with E-state index in [4.69, 9.17) is 5.11 Å². The summed E-state index contributed by atoms with van der Waals surface area (Å²) in [5.74, 6) is -1.14. The Morgan fingerprint density at radius 1 is 1.32 bits per heavy atom. The maximum absolute atomic E-state index is 11.8. The number of hydrogen-bond donors (Lipinski definition) is 2. The van der Waals surface area contributed by atoms with Gasteiger partial charge in [0.05, 0.1) is 5.56 Å². The lowest BCUT2D eigenvalue weighted by molar-refractivity contribution is -0.160. The predicted octanol–water partition coefficient (Wildman–Crippen LogP) is 2.17. The first-order valence-corrected chi connectivity index (χ1v) is 5.07. The first-order valence-electron chi connectivity index (χ1n) is 5.07. The van der Waals surface area contributed by atoms with Crippen molar-refractivity contribution in [1.82, 2.24) is 5.32 Å². The van der Waals surface area contributed by atoms with Gasteiger partial charge in [0.15, 0.2) is 6.61 Å². The number of rotatable bonds is 4. The molecule has 1 rings (SSSR count). The largest absolute Gasteiger partial charge is 0.478 e. The number of hydrogen-bond acceptors (Lipinski definition) is 3. The number of carboxylic acid groups (broad SMARTS) is 1. The van der Waals surface area contributed by atoms with E-state index in [-0.39, 0.29) is 12.1 Å². The molecule has 2 N–H and O–H groups in total. The fourth-order valence-electron chi connectivity index (χ4n) is 1.19. The van der Waals surface area contributed by atoms with Crippen molar-refractivity contribution in [2.75, 3.05) is 6.61 Å². The van der Waals surface area contributed by atoms with Gasteiger partial charge in [-0.2, -0.15) is 13.2 Å². The Hall–Kier alpha value is -2.25. The van der Waals surface area contributed by atoms with Crippen LogP contribution in [0.5, 0.6) is 0 Å². The zero-order valence-electron chi connectivity index (χ0n) is 9.53. The monoisotopic (exact) mass is 277 g/mol. The topological polar surface area (TPSA) is 75.6 Å². The zero-order chi connectivity index (χ0) is 14.5. The van der Waals surface area contributed by atoms with Gasteiger partial charge in [-0.05, 0) is 17.7 Å². The van der Waals surface area contributed by atoms with Gasteiger partial charge in [0.1, 0.15) is 0 Å². The smallest absolute Gasteiger partial charge is 0.422 e. The molecule has 0 spiro atoms. The third-order valence-corrected chi connectivity index (χ3v) is 1.98. The van der Waals surface area contributed by atoms with Gasteiger partial charge in [-0.3, -0.25) is 0 Å². The highest BCUT2D eigenvalue weighted by Gasteiger charge is 2.29. The van der Waals surface area contributed by atoms with Gasteiger partial charge in [-0.1, -0.05) is 12.1 Å². The van der Waals surface area contributed by atoms with Gasteiger partial charge in [0.2, 0.25) is 0 Å². The molecule has 0 bridgehead atoms.